The van der Waals surface area contributed by atoms with E-state index in [4.69, 9.17) is 0 Å². The first-order valence-corrected chi connectivity index (χ1v) is 11.6. The zero-order chi connectivity index (χ0) is 22.8. The van der Waals surface area contributed by atoms with Crippen molar-refractivity contribution in [1.29, 1.82) is 0 Å². The summed E-state index contributed by atoms with van der Waals surface area (Å²) in [5, 5.41) is 0.913. The lowest BCUT2D eigenvalue weighted by atomic mass is 10.1. The molecule has 0 aliphatic carbocycles. The monoisotopic (exact) mass is 448 g/mol. The summed E-state index contributed by atoms with van der Waals surface area (Å²) in [5.74, 6) is -1.34. The van der Waals surface area contributed by atoms with Crippen LogP contribution in [-0.2, 0) is 32.7 Å². The first-order chi connectivity index (χ1) is 15.4. The zero-order valence-corrected chi connectivity index (χ0v) is 18.2. The third kappa shape index (κ3) is 7.52. The summed E-state index contributed by atoms with van der Waals surface area (Å²) in [5.41, 5.74) is 2.50. The molecule has 0 saturated carbocycles. The van der Waals surface area contributed by atoms with E-state index in [-0.39, 0.29) is 0 Å². The van der Waals surface area contributed by atoms with E-state index in [0.29, 0.717) is 18.7 Å². The number of amides is 2. The van der Waals surface area contributed by atoms with Gasteiger partial charge >= 0.3 is 0 Å². The molecule has 164 valence electrons. The number of sulfonamides is 1. The molecule has 0 aromatic heterocycles. The Bertz CT molecular complexity index is 1120. The van der Waals surface area contributed by atoms with E-state index in [2.05, 4.69) is 0 Å². The highest BCUT2D eigenvalue weighted by Crippen LogP contribution is 2.12. The van der Waals surface area contributed by atoms with Gasteiger partial charge in [-0.3, -0.25) is 9.59 Å². The van der Waals surface area contributed by atoms with Gasteiger partial charge in [-0.2, -0.15) is 0 Å². The fourth-order valence-electron chi connectivity index (χ4n) is 3.05. The van der Waals surface area contributed by atoms with Crippen LogP contribution in [0.25, 0.3) is 6.08 Å². The molecule has 0 spiro atoms. The van der Waals surface area contributed by atoms with Gasteiger partial charge in [-0.15, -0.1) is 0 Å². The maximum absolute atomic E-state index is 12.9. The molecular weight excluding hydrogens is 424 g/mol. The van der Waals surface area contributed by atoms with Crippen LogP contribution in [0.15, 0.2) is 96.4 Å². The Hall–Kier alpha value is -3.71. The molecule has 1 N–H and O–H groups in total. The van der Waals surface area contributed by atoms with Gasteiger partial charge in [-0.05, 0) is 22.8 Å². The summed E-state index contributed by atoms with van der Waals surface area (Å²) in [6.07, 6.45) is 0.812. The molecule has 0 atom stereocenters. The number of hydrogen-bond acceptors (Lipinski definition) is 4. The minimum atomic E-state index is -4.02. The van der Waals surface area contributed by atoms with E-state index in [1.807, 2.05) is 71.5 Å². The van der Waals surface area contributed by atoms with Crippen LogP contribution in [0.5, 0.6) is 0 Å². The molecule has 0 radical (unpaired) electrons. The lowest BCUT2D eigenvalue weighted by molar-refractivity contribution is -0.136. The smallest absolute Gasteiger partial charge is 0.257 e. The Morgan fingerprint density at radius 2 is 1.22 bits per heavy atom. The zero-order valence-electron chi connectivity index (χ0n) is 17.4. The molecule has 6 nitrogen and oxygen atoms in total. The van der Waals surface area contributed by atoms with Gasteiger partial charge in [0, 0.05) is 13.1 Å². The van der Waals surface area contributed by atoms with E-state index in [9.17, 15) is 18.0 Å². The minimum Gasteiger partial charge on any atom is -0.334 e. The molecular formula is C25H24N2O4S. The summed E-state index contributed by atoms with van der Waals surface area (Å²) in [6.45, 7) is 0.616. The van der Waals surface area contributed by atoms with Crippen LogP contribution < -0.4 is 4.72 Å². The first kappa shape index (κ1) is 23.0. The Labute approximate surface area is 188 Å². The Morgan fingerprint density at radius 3 is 1.72 bits per heavy atom. The lowest BCUT2D eigenvalue weighted by Gasteiger charge is -2.23. The number of rotatable bonds is 9. The van der Waals surface area contributed by atoms with Gasteiger partial charge in [0.2, 0.25) is 11.8 Å². The molecule has 3 rings (SSSR count). The summed E-state index contributed by atoms with van der Waals surface area (Å²) >= 11 is 0. The third-order valence-electron chi connectivity index (χ3n) is 4.59. The molecule has 0 aliphatic rings. The van der Waals surface area contributed by atoms with E-state index in [0.717, 1.165) is 16.5 Å². The van der Waals surface area contributed by atoms with Crippen LogP contribution in [0.3, 0.4) is 0 Å². The van der Waals surface area contributed by atoms with Crippen molar-refractivity contribution in [2.75, 3.05) is 0 Å². The number of nitrogens with one attached hydrogen (secondary N) is 1. The molecule has 32 heavy (non-hydrogen) atoms. The van der Waals surface area contributed by atoms with Crippen LogP contribution in [0.1, 0.15) is 23.1 Å². The summed E-state index contributed by atoms with van der Waals surface area (Å²) < 4.78 is 26.3. The van der Waals surface area contributed by atoms with Crippen molar-refractivity contribution >= 4 is 27.9 Å². The predicted molar refractivity (Wildman–Crippen MR) is 124 cm³/mol. The molecule has 0 unspecified atom stereocenters. The van der Waals surface area contributed by atoms with E-state index >= 15 is 0 Å². The van der Waals surface area contributed by atoms with E-state index in [1.165, 1.54) is 11.0 Å². The Morgan fingerprint density at radius 1 is 0.750 bits per heavy atom. The number of nitrogens with zero attached hydrogens (tertiary/aromatic N) is 1. The molecule has 2 amide bonds. The number of hydrogen-bond donors (Lipinski definition) is 1. The van der Waals surface area contributed by atoms with E-state index in [1.54, 1.807) is 24.3 Å². The van der Waals surface area contributed by atoms with Gasteiger partial charge < -0.3 is 4.90 Å². The van der Waals surface area contributed by atoms with Crippen LogP contribution in [0, 0.1) is 0 Å². The predicted octanol–water partition coefficient (Wildman–Crippen LogP) is 3.72. The van der Waals surface area contributed by atoms with Crippen LogP contribution in [-0.4, -0.2) is 25.1 Å². The highest BCUT2D eigenvalue weighted by Gasteiger charge is 2.20. The summed E-state index contributed by atoms with van der Waals surface area (Å²) in [6, 6.07) is 27.7. The highest BCUT2D eigenvalue weighted by molar-refractivity contribution is 7.93. The molecule has 3 aromatic carbocycles. The number of carbonyl (C=O) groups excluding carboxylic acids is 2. The van der Waals surface area contributed by atoms with Gasteiger partial charge in [0.1, 0.15) is 6.42 Å². The van der Waals surface area contributed by atoms with Gasteiger partial charge in [0.15, 0.2) is 0 Å². The highest BCUT2D eigenvalue weighted by atomic mass is 32.2. The molecule has 0 fully saturated rings. The van der Waals surface area contributed by atoms with Crippen LogP contribution in [0.2, 0.25) is 0 Å². The van der Waals surface area contributed by atoms with E-state index < -0.39 is 28.3 Å². The first-order valence-electron chi connectivity index (χ1n) is 10.1. The normalized spacial score (nSPS) is 11.2. The Kier molecular flexibility index (Phi) is 7.94. The third-order valence-corrected chi connectivity index (χ3v) is 5.60. The second-order valence-electron chi connectivity index (χ2n) is 7.18. The van der Waals surface area contributed by atoms with Crippen molar-refractivity contribution in [2.24, 2.45) is 0 Å². The molecule has 0 saturated heterocycles. The average Bonchev–Trinajstić information content (AvgIpc) is 2.79. The Balaban J connectivity index is 1.66. The van der Waals surface area contributed by atoms with Crippen molar-refractivity contribution in [3.63, 3.8) is 0 Å². The van der Waals surface area contributed by atoms with Crippen molar-refractivity contribution in [1.82, 2.24) is 9.62 Å². The lowest BCUT2D eigenvalue weighted by Crippen LogP contribution is -2.36. The van der Waals surface area contributed by atoms with Crippen LogP contribution in [0.4, 0.5) is 0 Å². The minimum absolute atomic E-state index is 0.308. The quantitative estimate of drug-likeness (QED) is 0.506. The van der Waals surface area contributed by atoms with Gasteiger partial charge in [0.05, 0.1) is 5.41 Å². The molecule has 0 aliphatic heterocycles. The molecule has 0 heterocycles. The maximum atomic E-state index is 12.9. The average molecular weight is 449 g/mol. The number of benzene rings is 3. The largest absolute Gasteiger partial charge is 0.334 e. The second-order valence-corrected chi connectivity index (χ2v) is 8.75. The topological polar surface area (TPSA) is 83.6 Å². The fourth-order valence-corrected chi connectivity index (χ4v) is 3.84. The molecule has 0 bridgehead atoms. The van der Waals surface area contributed by atoms with Crippen molar-refractivity contribution < 1.29 is 18.0 Å². The summed E-state index contributed by atoms with van der Waals surface area (Å²) in [7, 11) is -4.02. The molecule has 7 heteroatoms. The summed E-state index contributed by atoms with van der Waals surface area (Å²) in [4.78, 5) is 26.7. The van der Waals surface area contributed by atoms with Crippen molar-refractivity contribution in [3.05, 3.63) is 113 Å². The van der Waals surface area contributed by atoms with Gasteiger partial charge in [0.25, 0.3) is 10.0 Å². The van der Waals surface area contributed by atoms with Gasteiger partial charge in [-0.1, -0.05) is 91.0 Å². The maximum Gasteiger partial charge on any atom is 0.257 e. The van der Waals surface area contributed by atoms with Gasteiger partial charge in [-0.25, -0.2) is 13.1 Å². The number of carbonyl (C=O) groups is 2. The van der Waals surface area contributed by atoms with Crippen molar-refractivity contribution in [3.8, 4) is 0 Å². The van der Waals surface area contributed by atoms with Crippen LogP contribution >= 0.6 is 0 Å². The SMILES string of the molecule is O=C(CC(=O)N(Cc1ccccc1)Cc1ccccc1)NS(=O)(=O)/C=C/c1ccccc1. The standard InChI is InChI=1S/C25H24N2O4S/c28-24(26-32(30,31)17-16-21-10-4-1-5-11-21)18-25(29)27(19-22-12-6-2-7-13-22)20-23-14-8-3-9-15-23/h1-17H,18-20H2,(H,26,28)/b17-16+. The fraction of sp³-hybridized carbons (Fsp3) is 0.120. The molecule has 3 aromatic rings. The second kappa shape index (κ2) is 11.1. The van der Waals surface area contributed by atoms with Crippen molar-refractivity contribution in [2.45, 2.75) is 19.5 Å².